The summed E-state index contributed by atoms with van der Waals surface area (Å²) < 4.78 is 36.5. The van der Waals surface area contributed by atoms with Crippen molar-refractivity contribution >= 4 is 0 Å². The Bertz CT molecular complexity index is 126. The summed E-state index contributed by atoms with van der Waals surface area (Å²) >= 11 is 0. The number of hydrogen-bond donors (Lipinski definition) is 0. The number of halogens is 3. The molecule has 0 aromatic carbocycles. The van der Waals surface area contributed by atoms with Crippen molar-refractivity contribution in [3.05, 3.63) is 0 Å². The molecule has 0 amide bonds. The molecule has 0 unspecified atom stereocenters. The summed E-state index contributed by atoms with van der Waals surface area (Å²) in [5, 5.41) is 0. The normalized spacial score (nSPS) is 14.2. The average molecular weight is 169 g/mol. The Morgan fingerprint density at radius 3 is 1.55 bits per heavy atom. The Morgan fingerprint density at radius 1 is 1.09 bits per heavy atom. The van der Waals surface area contributed by atoms with Crippen LogP contribution in [0.3, 0.4) is 0 Å². The molecule has 0 aromatic heterocycles. The van der Waals surface area contributed by atoms with E-state index >= 15 is 0 Å². The van der Waals surface area contributed by atoms with Crippen LogP contribution in [0.2, 0.25) is 0 Å². The van der Waals surface area contributed by atoms with Gasteiger partial charge in [0, 0.05) is 6.54 Å². The van der Waals surface area contributed by atoms with Crippen LogP contribution in [-0.2, 0) is 0 Å². The van der Waals surface area contributed by atoms with E-state index in [2.05, 4.69) is 0 Å². The second-order valence-corrected chi connectivity index (χ2v) is 3.62. The number of hydrogen-bond acceptors (Lipinski definition) is 1. The first-order chi connectivity index (χ1) is 4.67. The zero-order valence-corrected chi connectivity index (χ0v) is 7.29. The van der Waals surface area contributed by atoms with Crippen LogP contribution in [0.5, 0.6) is 0 Å². The first-order valence-corrected chi connectivity index (χ1v) is 3.38. The van der Waals surface area contributed by atoms with E-state index < -0.39 is 11.6 Å². The van der Waals surface area contributed by atoms with Gasteiger partial charge < -0.3 is 4.90 Å². The lowest BCUT2D eigenvalue weighted by molar-refractivity contribution is -0.215. The van der Waals surface area contributed by atoms with Gasteiger partial charge in [-0.05, 0) is 27.9 Å². The molecule has 1 nitrogen and oxygen atoms in total. The molecule has 0 radical (unpaired) electrons. The highest BCUT2D eigenvalue weighted by Crippen LogP contribution is 2.37. The Kier molecular flexibility index (Phi) is 2.94. The third-order valence-electron chi connectivity index (χ3n) is 1.48. The molecule has 0 aliphatic carbocycles. The zero-order chi connectivity index (χ0) is 9.28. The van der Waals surface area contributed by atoms with Crippen LogP contribution < -0.4 is 0 Å². The number of nitrogens with zero attached hydrogens (tertiary/aromatic N) is 1. The first-order valence-electron chi connectivity index (χ1n) is 3.38. The summed E-state index contributed by atoms with van der Waals surface area (Å²) in [6, 6.07) is 0. The van der Waals surface area contributed by atoms with Crippen LogP contribution in [0.25, 0.3) is 0 Å². The van der Waals surface area contributed by atoms with Gasteiger partial charge in [-0.1, -0.05) is 0 Å². The zero-order valence-electron chi connectivity index (χ0n) is 7.29. The van der Waals surface area contributed by atoms with Gasteiger partial charge in [-0.3, -0.25) is 0 Å². The van der Waals surface area contributed by atoms with E-state index in [-0.39, 0.29) is 6.54 Å². The van der Waals surface area contributed by atoms with Gasteiger partial charge in [0.2, 0.25) is 0 Å². The Morgan fingerprint density at radius 2 is 1.45 bits per heavy atom. The monoisotopic (exact) mass is 169 g/mol. The van der Waals surface area contributed by atoms with Crippen molar-refractivity contribution in [2.24, 2.45) is 5.41 Å². The van der Waals surface area contributed by atoms with E-state index in [1.165, 1.54) is 18.7 Å². The summed E-state index contributed by atoms with van der Waals surface area (Å²) in [5.74, 6) is 0. The molecule has 0 aliphatic rings. The van der Waals surface area contributed by atoms with Crippen LogP contribution in [0, 0.1) is 5.41 Å². The molecule has 0 N–H and O–H groups in total. The van der Waals surface area contributed by atoms with Crippen molar-refractivity contribution in [2.75, 3.05) is 20.6 Å². The van der Waals surface area contributed by atoms with Crippen molar-refractivity contribution in [2.45, 2.75) is 20.0 Å². The molecule has 0 rings (SSSR count). The van der Waals surface area contributed by atoms with Crippen molar-refractivity contribution in [3.63, 3.8) is 0 Å². The lowest BCUT2D eigenvalue weighted by atomic mass is 9.92. The van der Waals surface area contributed by atoms with Crippen LogP contribution in [0.4, 0.5) is 13.2 Å². The maximum absolute atomic E-state index is 12.2. The van der Waals surface area contributed by atoms with Gasteiger partial charge in [0.15, 0.2) is 0 Å². The van der Waals surface area contributed by atoms with Crippen molar-refractivity contribution in [1.82, 2.24) is 4.90 Å². The fourth-order valence-electron chi connectivity index (χ4n) is 0.880. The highest BCUT2D eigenvalue weighted by Gasteiger charge is 2.47. The molecule has 0 spiro atoms. The Labute approximate surface area is 65.2 Å². The first kappa shape index (κ1) is 10.8. The summed E-state index contributed by atoms with van der Waals surface area (Å²) in [4.78, 5) is 1.54. The van der Waals surface area contributed by atoms with E-state index in [0.29, 0.717) is 0 Å². The highest BCUT2D eigenvalue weighted by atomic mass is 19.4. The second kappa shape index (κ2) is 3.01. The molecule has 0 aliphatic heterocycles. The smallest absolute Gasteiger partial charge is 0.309 e. The lowest BCUT2D eigenvalue weighted by Gasteiger charge is -2.30. The molecule has 0 aromatic rings. The molecule has 68 valence electrons. The fourth-order valence-corrected chi connectivity index (χ4v) is 0.880. The molecule has 0 saturated carbocycles. The Balaban J connectivity index is 4.22. The van der Waals surface area contributed by atoms with Crippen molar-refractivity contribution in [3.8, 4) is 0 Å². The van der Waals surface area contributed by atoms with Gasteiger partial charge in [0.1, 0.15) is 0 Å². The van der Waals surface area contributed by atoms with E-state index in [1.54, 1.807) is 14.1 Å². The summed E-state index contributed by atoms with van der Waals surface area (Å²) in [6.07, 6.45) is -4.11. The minimum Gasteiger partial charge on any atom is -0.309 e. The number of alkyl halides is 3. The van der Waals surface area contributed by atoms with E-state index in [1.807, 2.05) is 0 Å². The van der Waals surface area contributed by atoms with Gasteiger partial charge in [0.05, 0.1) is 5.41 Å². The molecule has 11 heavy (non-hydrogen) atoms. The molecule has 4 heteroatoms. The molecule has 0 fully saturated rings. The standard InChI is InChI=1S/C7H14F3N/c1-6(2,5-11(3)4)7(8,9)10/h5H2,1-4H3. The molecule has 0 bridgehead atoms. The van der Waals surface area contributed by atoms with Crippen LogP contribution >= 0.6 is 0 Å². The van der Waals surface area contributed by atoms with Crippen LogP contribution in [0.1, 0.15) is 13.8 Å². The Hall–Kier alpha value is -0.250. The SMILES string of the molecule is CN(C)CC(C)(C)C(F)(F)F. The van der Waals surface area contributed by atoms with Gasteiger partial charge in [-0.15, -0.1) is 0 Å². The largest absolute Gasteiger partial charge is 0.395 e. The maximum atomic E-state index is 12.2. The molecular formula is C7H14F3N. The number of rotatable bonds is 2. The quantitative estimate of drug-likeness (QED) is 0.612. The highest BCUT2D eigenvalue weighted by molar-refractivity contribution is 4.79. The topological polar surface area (TPSA) is 3.24 Å². The maximum Gasteiger partial charge on any atom is 0.395 e. The summed E-state index contributed by atoms with van der Waals surface area (Å²) in [5.41, 5.74) is -1.61. The van der Waals surface area contributed by atoms with Gasteiger partial charge in [-0.2, -0.15) is 13.2 Å². The third-order valence-corrected chi connectivity index (χ3v) is 1.48. The van der Waals surface area contributed by atoms with Gasteiger partial charge in [0.25, 0.3) is 0 Å². The molecule has 0 atom stereocenters. The minimum atomic E-state index is -4.11. The van der Waals surface area contributed by atoms with Gasteiger partial charge >= 0.3 is 6.18 Å². The van der Waals surface area contributed by atoms with Crippen LogP contribution in [0.15, 0.2) is 0 Å². The van der Waals surface area contributed by atoms with Crippen molar-refractivity contribution < 1.29 is 13.2 Å². The third kappa shape index (κ3) is 3.10. The van der Waals surface area contributed by atoms with Crippen molar-refractivity contribution in [1.29, 1.82) is 0 Å². The predicted molar refractivity (Wildman–Crippen MR) is 38.4 cm³/mol. The molecule has 0 saturated heterocycles. The fraction of sp³-hybridized carbons (Fsp3) is 1.00. The van der Waals surface area contributed by atoms with E-state index in [0.717, 1.165) is 0 Å². The van der Waals surface area contributed by atoms with E-state index in [4.69, 9.17) is 0 Å². The predicted octanol–water partition coefficient (Wildman–Crippen LogP) is 2.14. The molecular weight excluding hydrogens is 155 g/mol. The van der Waals surface area contributed by atoms with Gasteiger partial charge in [-0.25, -0.2) is 0 Å². The lowest BCUT2D eigenvalue weighted by Crippen LogP contribution is -2.40. The molecule has 0 heterocycles. The second-order valence-electron chi connectivity index (χ2n) is 3.62. The van der Waals surface area contributed by atoms with E-state index in [9.17, 15) is 13.2 Å². The van der Waals surface area contributed by atoms with Crippen LogP contribution in [-0.4, -0.2) is 31.7 Å². The summed E-state index contributed by atoms with van der Waals surface area (Å²) in [7, 11) is 3.26. The summed E-state index contributed by atoms with van der Waals surface area (Å²) in [6.45, 7) is 2.43. The average Bonchev–Trinajstić information content (AvgIpc) is 1.56. The minimum absolute atomic E-state index is 0.0243.